The largest absolute Gasteiger partial charge is 0.313 e. The molecule has 3 heteroatoms. The average molecular weight is 297 g/mol. The number of aromatic nitrogens is 1. The normalized spacial score (nSPS) is 11.0. The first kappa shape index (κ1) is 14.1. The Kier molecular flexibility index (Phi) is 4.18. The highest BCUT2D eigenvalue weighted by Crippen LogP contribution is 2.30. The summed E-state index contributed by atoms with van der Waals surface area (Å²) in [7, 11) is 0. The van der Waals surface area contributed by atoms with Gasteiger partial charge in [-0.25, -0.2) is 0 Å². The third-order valence-corrected chi connectivity index (χ3v) is 3.97. The fourth-order valence-electron chi connectivity index (χ4n) is 2.51. The maximum absolute atomic E-state index is 6.29. The van der Waals surface area contributed by atoms with Gasteiger partial charge in [0.25, 0.3) is 0 Å². The monoisotopic (exact) mass is 296 g/mol. The van der Waals surface area contributed by atoms with Gasteiger partial charge in [0, 0.05) is 29.3 Å². The molecule has 0 aliphatic rings. The molecule has 3 aromatic rings. The lowest BCUT2D eigenvalue weighted by Crippen LogP contribution is -2.12. The Morgan fingerprint density at radius 2 is 2.05 bits per heavy atom. The van der Waals surface area contributed by atoms with Crippen LogP contribution in [0.3, 0.4) is 0 Å². The lowest BCUT2D eigenvalue weighted by Gasteiger charge is -2.10. The number of hydrogen-bond donors (Lipinski definition) is 1. The molecule has 0 bridgehead atoms. The van der Waals surface area contributed by atoms with E-state index in [2.05, 4.69) is 53.6 Å². The minimum atomic E-state index is 0.787. The van der Waals surface area contributed by atoms with E-state index in [0.717, 1.165) is 29.1 Å². The lowest BCUT2D eigenvalue weighted by atomic mass is 9.98. The fraction of sp³-hybridized carbons (Fsp3) is 0.167. The van der Waals surface area contributed by atoms with Crippen LogP contribution in [-0.4, -0.2) is 11.5 Å². The van der Waals surface area contributed by atoms with Crippen LogP contribution < -0.4 is 5.32 Å². The maximum Gasteiger partial charge on any atom is 0.0451 e. The van der Waals surface area contributed by atoms with E-state index in [9.17, 15) is 0 Å². The summed E-state index contributed by atoms with van der Waals surface area (Å²) in [4.78, 5) is 4.19. The van der Waals surface area contributed by atoms with Crippen LogP contribution in [0, 0.1) is 0 Å². The third kappa shape index (κ3) is 2.92. The number of fused-ring (bicyclic) bond motifs is 1. The highest BCUT2D eigenvalue weighted by molar-refractivity contribution is 6.31. The Balaban J connectivity index is 2.10. The molecule has 0 radical (unpaired) electrons. The SMILES string of the molecule is CCNCc1cc(-c2cccc3cnccc23)ccc1Cl. The molecule has 21 heavy (non-hydrogen) atoms. The van der Waals surface area contributed by atoms with Crippen molar-refractivity contribution in [2.45, 2.75) is 13.5 Å². The molecule has 0 spiro atoms. The molecule has 1 N–H and O–H groups in total. The Morgan fingerprint density at radius 3 is 2.90 bits per heavy atom. The number of benzene rings is 2. The van der Waals surface area contributed by atoms with E-state index in [1.165, 1.54) is 16.5 Å². The van der Waals surface area contributed by atoms with E-state index in [1.54, 1.807) is 0 Å². The zero-order valence-corrected chi connectivity index (χ0v) is 12.7. The Morgan fingerprint density at radius 1 is 1.14 bits per heavy atom. The number of nitrogens with one attached hydrogen (secondary N) is 1. The molecule has 0 unspecified atom stereocenters. The molecule has 3 rings (SSSR count). The molecule has 0 saturated carbocycles. The van der Waals surface area contributed by atoms with Crippen molar-refractivity contribution in [1.29, 1.82) is 0 Å². The maximum atomic E-state index is 6.29. The molecule has 0 saturated heterocycles. The van der Waals surface area contributed by atoms with Crippen molar-refractivity contribution in [2.24, 2.45) is 0 Å². The second-order valence-electron chi connectivity index (χ2n) is 4.99. The molecule has 0 aliphatic heterocycles. The zero-order chi connectivity index (χ0) is 14.7. The average Bonchev–Trinajstić information content (AvgIpc) is 2.54. The van der Waals surface area contributed by atoms with E-state index in [-0.39, 0.29) is 0 Å². The summed E-state index contributed by atoms with van der Waals surface area (Å²) in [5.74, 6) is 0. The third-order valence-electron chi connectivity index (χ3n) is 3.60. The van der Waals surface area contributed by atoms with Gasteiger partial charge in [0.05, 0.1) is 0 Å². The first-order chi connectivity index (χ1) is 10.3. The van der Waals surface area contributed by atoms with Gasteiger partial charge in [0.1, 0.15) is 0 Å². The van der Waals surface area contributed by atoms with E-state index in [0.29, 0.717) is 0 Å². The van der Waals surface area contributed by atoms with Crippen LogP contribution in [0.25, 0.3) is 21.9 Å². The van der Waals surface area contributed by atoms with Crippen molar-refractivity contribution < 1.29 is 0 Å². The number of pyridine rings is 1. The van der Waals surface area contributed by atoms with Crippen molar-refractivity contribution in [1.82, 2.24) is 10.3 Å². The predicted octanol–water partition coefficient (Wildman–Crippen LogP) is 4.66. The summed E-state index contributed by atoms with van der Waals surface area (Å²) in [5, 5.41) is 6.50. The number of halogens is 1. The van der Waals surface area contributed by atoms with Crippen LogP contribution in [0.2, 0.25) is 5.02 Å². The van der Waals surface area contributed by atoms with Gasteiger partial charge in [-0.1, -0.05) is 42.8 Å². The fourth-order valence-corrected chi connectivity index (χ4v) is 2.70. The van der Waals surface area contributed by atoms with Crippen LogP contribution in [-0.2, 0) is 6.54 Å². The van der Waals surface area contributed by atoms with E-state index < -0.39 is 0 Å². The number of rotatable bonds is 4. The summed E-state index contributed by atoms with van der Waals surface area (Å²) in [6.07, 6.45) is 3.73. The van der Waals surface area contributed by atoms with E-state index >= 15 is 0 Å². The molecule has 0 aliphatic carbocycles. The summed E-state index contributed by atoms with van der Waals surface area (Å²) in [5.41, 5.74) is 3.52. The highest BCUT2D eigenvalue weighted by Gasteiger charge is 2.07. The Bertz CT molecular complexity index is 763. The zero-order valence-electron chi connectivity index (χ0n) is 11.9. The van der Waals surface area contributed by atoms with Crippen LogP contribution in [0.1, 0.15) is 12.5 Å². The predicted molar refractivity (Wildman–Crippen MR) is 89.6 cm³/mol. The van der Waals surface area contributed by atoms with Crippen LogP contribution in [0.5, 0.6) is 0 Å². The second kappa shape index (κ2) is 6.25. The van der Waals surface area contributed by atoms with E-state index in [1.807, 2.05) is 18.5 Å². The quantitative estimate of drug-likeness (QED) is 0.757. The standard InChI is InChI=1S/C18H17ClN2/c1-2-20-12-15-10-13(6-7-18(15)19)16-5-3-4-14-11-21-9-8-17(14)16/h3-11,20H,2,12H2,1H3. The van der Waals surface area contributed by atoms with Gasteiger partial charge in [0.2, 0.25) is 0 Å². The van der Waals surface area contributed by atoms with Crippen molar-refractivity contribution in [3.63, 3.8) is 0 Å². The van der Waals surface area contributed by atoms with Crippen molar-refractivity contribution >= 4 is 22.4 Å². The van der Waals surface area contributed by atoms with Crippen molar-refractivity contribution in [3.8, 4) is 11.1 Å². The second-order valence-corrected chi connectivity index (χ2v) is 5.40. The summed E-state index contributed by atoms with van der Waals surface area (Å²) >= 11 is 6.29. The summed E-state index contributed by atoms with van der Waals surface area (Å²) in [6, 6.07) is 14.6. The van der Waals surface area contributed by atoms with Crippen LogP contribution in [0.15, 0.2) is 54.9 Å². The first-order valence-corrected chi connectivity index (χ1v) is 7.49. The molecule has 1 heterocycles. The highest BCUT2D eigenvalue weighted by atomic mass is 35.5. The first-order valence-electron chi connectivity index (χ1n) is 7.12. The minimum Gasteiger partial charge on any atom is -0.313 e. The Labute approximate surface area is 129 Å². The molecular weight excluding hydrogens is 280 g/mol. The molecule has 106 valence electrons. The Hall–Kier alpha value is -1.90. The van der Waals surface area contributed by atoms with Gasteiger partial charge in [-0.05, 0) is 46.8 Å². The van der Waals surface area contributed by atoms with Crippen LogP contribution in [0.4, 0.5) is 0 Å². The van der Waals surface area contributed by atoms with Crippen LogP contribution >= 0.6 is 11.6 Å². The lowest BCUT2D eigenvalue weighted by molar-refractivity contribution is 0.727. The van der Waals surface area contributed by atoms with Gasteiger partial charge in [-0.2, -0.15) is 0 Å². The van der Waals surface area contributed by atoms with Gasteiger partial charge in [-0.3, -0.25) is 4.98 Å². The molecule has 1 aromatic heterocycles. The molecule has 0 amide bonds. The van der Waals surface area contributed by atoms with E-state index in [4.69, 9.17) is 11.6 Å². The number of hydrogen-bond acceptors (Lipinski definition) is 2. The molecule has 0 fully saturated rings. The van der Waals surface area contributed by atoms with Crippen molar-refractivity contribution in [2.75, 3.05) is 6.54 Å². The van der Waals surface area contributed by atoms with Crippen molar-refractivity contribution in [3.05, 3.63) is 65.4 Å². The smallest absolute Gasteiger partial charge is 0.0451 e. The van der Waals surface area contributed by atoms with Gasteiger partial charge < -0.3 is 5.32 Å². The summed E-state index contributed by atoms with van der Waals surface area (Å²) < 4.78 is 0. The minimum absolute atomic E-state index is 0.787. The van der Waals surface area contributed by atoms with Gasteiger partial charge >= 0.3 is 0 Å². The van der Waals surface area contributed by atoms with Gasteiger partial charge in [0.15, 0.2) is 0 Å². The topological polar surface area (TPSA) is 24.9 Å². The molecular formula is C18H17ClN2. The molecule has 0 atom stereocenters. The molecule has 2 nitrogen and oxygen atoms in total. The summed E-state index contributed by atoms with van der Waals surface area (Å²) in [6.45, 7) is 3.81. The number of nitrogens with zero attached hydrogens (tertiary/aromatic N) is 1. The van der Waals surface area contributed by atoms with Gasteiger partial charge in [-0.15, -0.1) is 0 Å². The molecule has 2 aromatic carbocycles.